The maximum absolute atomic E-state index is 12.9. The third kappa shape index (κ3) is 4.13. The van der Waals surface area contributed by atoms with Crippen LogP contribution in [0.15, 0.2) is 51.4 Å². The van der Waals surface area contributed by atoms with E-state index in [1.807, 2.05) is 18.2 Å². The Labute approximate surface area is 129 Å². The average Bonchev–Trinajstić information content (AvgIpc) is 2.40. The van der Waals surface area contributed by atoms with E-state index < -0.39 is 0 Å². The molecule has 1 atom stereocenters. The second-order valence-electron chi connectivity index (χ2n) is 4.40. The third-order valence-electron chi connectivity index (χ3n) is 2.97. The molecule has 0 heterocycles. The molecule has 19 heavy (non-hydrogen) atoms. The van der Waals surface area contributed by atoms with E-state index in [1.54, 1.807) is 0 Å². The molecule has 2 rings (SSSR count). The van der Waals surface area contributed by atoms with E-state index in [2.05, 4.69) is 56.2 Å². The van der Waals surface area contributed by atoms with E-state index >= 15 is 0 Å². The van der Waals surface area contributed by atoms with Crippen molar-refractivity contribution in [3.05, 3.63) is 68.4 Å². The van der Waals surface area contributed by atoms with Gasteiger partial charge in [0.2, 0.25) is 0 Å². The van der Waals surface area contributed by atoms with Crippen LogP contribution in [0.25, 0.3) is 0 Å². The molecule has 0 aliphatic heterocycles. The van der Waals surface area contributed by atoms with Gasteiger partial charge in [-0.05, 0) is 74.2 Å². The van der Waals surface area contributed by atoms with Gasteiger partial charge in [-0.15, -0.1) is 0 Å². The van der Waals surface area contributed by atoms with Crippen molar-refractivity contribution in [3.63, 3.8) is 0 Å². The van der Waals surface area contributed by atoms with Gasteiger partial charge in [0, 0.05) is 21.5 Å². The van der Waals surface area contributed by atoms with Crippen LogP contribution in [0.3, 0.4) is 0 Å². The van der Waals surface area contributed by atoms with Gasteiger partial charge in [0.1, 0.15) is 5.82 Å². The van der Waals surface area contributed by atoms with E-state index in [-0.39, 0.29) is 11.9 Å². The Bertz CT molecular complexity index is 555. The van der Waals surface area contributed by atoms with E-state index in [0.29, 0.717) is 0 Å². The molecule has 0 spiro atoms. The summed E-state index contributed by atoms with van der Waals surface area (Å²) in [6.45, 7) is 2.84. The quantitative estimate of drug-likeness (QED) is 0.761. The van der Waals surface area contributed by atoms with Crippen LogP contribution in [0.1, 0.15) is 24.1 Å². The second-order valence-corrected chi connectivity index (χ2v) is 6.11. The molecule has 0 unspecified atom stereocenters. The minimum atomic E-state index is -0.201. The van der Waals surface area contributed by atoms with Crippen LogP contribution in [0.5, 0.6) is 0 Å². The summed E-state index contributed by atoms with van der Waals surface area (Å²) in [7, 11) is 0. The Morgan fingerprint density at radius 3 is 2.37 bits per heavy atom. The van der Waals surface area contributed by atoms with Crippen molar-refractivity contribution < 1.29 is 4.39 Å². The molecular weight excluding hydrogens is 373 g/mol. The van der Waals surface area contributed by atoms with Gasteiger partial charge in [-0.25, -0.2) is 4.39 Å². The standard InChI is InChI=1S/C15H14Br2FN/c1-10(12-3-5-13(18)6-4-12)19-9-11-2-7-14(16)15(17)8-11/h2-8,10,19H,9H2,1H3/t10-/m0/s1. The third-order valence-corrected chi connectivity index (χ3v) is 4.85. The maximum Gasteiger partial charge on any atom is 0.123 e. The first kappa shape index (κ1) is 14.7. The molecule has 0 aliphatic carbocycles. The normalized spacial score (nSPS) is 12.4. The highest BCUT2D eigenvalue weighted by molar-refractivity contribution is 9.13. The molecule has 0 aromatic heterocycles. The lowest BCUT2D eigenvalue weighted by molar-refractivity contribution is 0.571. The largest absolute Gasteiger partial charge is 0.306 e. The molecule has 0 saturated carbocycles. The van der Waals surface area contributed by atoms with Crippen molar-refractivity contribution in [1.29, 1.82) is 0 Å². The van der Waals surface area contributed by atoms with Crippen LogP contribution < -0.4 is 5.32 Å². The van der Waals surface area contributed by atoms with Crippen LogP contribution in [0, 0.1) is 5.82 Å². The summed E-state index contributed by atoms with van der Waals surface area (Å²) in [6.07, 6.45) is 0. The molecule has 2 aromatic rings. The van der Waals surface area contributed by atoms with Crippen LogP contribution in [-0.4, -0.2) is 0 Å². The fourth-order valence-electron chi connectivity index (χ4n) is 1.79. The fourth-order valence-corrected chi connectivity index (χ4v) is 2.46. The topological polar surface area (TPSA) is 12.0 Å². The van der Waals surface area contributed by atoms with Crippen LogP contribution in [-0.2, 0) is 6.54 Å². The molecule has 0 aliphatic rings. The predicted octanol–water partition coefficient (Wildman–Crippen LogP) is 5.20. The number of hydrogen-bond donors (Lipinski definition) is 1. The number of hydrogen-bond acceptors (Lipinski definition) is 1. The van der Waals surface area contributed by atoms with Gasteiger partial charge in [-0.3, -0.25) is 0 Å². The Balaban J connectivity index is 1.98. The highest BCUT2D eigenvalue weighted by Crippen LogP contribution is 2.24. The van der Waals surface area contributed by atoms with Crippen LogP contribution in [0.2, 0.25) is 0 Å². The minimum Gasteiger partial charge on any atom is -0.306 e. The van der Waals surface area contributed by atoms with Crippen molar-refractivity contribution >= 4 is 31.9 Å². The Morgan fingerprint density at radius 1 is 1.05 bits per heavy atom. The number of benzene rings is 2. The molecule has 0 saturated heterocycles. The smallest absolute Gasteiger partial charge is 0.123 e. The molecule has 2 aromatic carbocycles. The molecule has 4 heteroatoms. The van der Waals surface area contributed by atoms with Crippen molar-refractivity contribution in [1.82, 2.24) is 5.32 Å². The Morgan fingerprint density at radius 2 is 1.74 bits per heavy atom. The van der Waals surface area contributed by atoms with Crippen LogP contribution >= 0.6 is 31.9 Å². The predicted molar refractivity (Wildman–Crippen MR) is 83.5 cm³/mol. The summed E-state index contributed by atoms with van der Waals surface area (Å²) in [6, 6.07) is 12.9. The summed E-state index contributed by atoms with van der Waals surface area (Å²) >= 11 is 6.94. The van der Waals surface area contributed by atoms with E-state index in [1.165, 1.54) is 17.7 Å². The molecule has 0 amide bonds. The highest BCUT2D eigenvalue weighted by atomic mass is 79.9. The van der Waals surface area contributed by atoms with Crippen LogP contribution in [0.4, 0.5) is 4.39 Å². The Hall–Kier alpha value is -0.710. The SMILES string of the molecule is C[C@H](NCc1ccc(Br)c(Br)c1)c1ccc(F)cc1. The lowest BCUT2D eigenvalue weighted by Crippen LogP contribution is -2.18. The first-order chi connectivity index (χ1) is 9.06. The zero-order valence-corrected chi connectivity index (χ0v) is 13.6. The summed E-state index contributed by atoms with van der Waals surface area (Å²) in [5.41, 5.74) is 2.28. The molecule has 0 fully saturated rings. The zero-order chi connectivity index (χ0) is 13.8. The van der Waals surface area contributed by atoms with Crippen molar-refractivity contribution in [2.45, 2.75) is 19.5 Å². The molecule has 0 bridgehead atoms. The molecule has 1 nitrogen and oxygen atoms in total. The van der Waals surface area contributed by atoms with Gasteiger partial charge in [0.25, 0.3) is 0 Å². The first-order valence-corrected chi connectivity index (χ1v) is 7.57. The summed E-state index contributed by atoms with van der Waals surface area (Å²) < 4.78 is 14.9. The van der Waals surface area contributed by atoms with E-state index in [9.17, 15) is 4.39 Å². The lowest BCUT2D eigenvalue weighted by Gasteiger charge is -2.14. The van der Waals surface area contributed by atoms with Crippen molar-refractivity contribution in [3.8, 4) is 0 Å². The molecular formula is C15H14Br2FN. The number of rotatable bonds is 4. The second kappa shape index (κ2) is 6.64. The fraction of sp³-hybridized carbons (Fsp3) is 0.200. The summed E-state index contributed by atoms with van der Waals surface area (Å²) in [5.74, 6) is -0.201. The minimum absolute atomic E-state index is 0.183. The lowest BCUT2D eigenvalue weighted by atomic mass is 10.1. The number of halogens is 3. The molecule has 0 radical (unpaired) electrons. The zero-order valence-electron chi connectivity index (χ0n) is 10.5. The van der Waals surface area contributed by atoms with E-state index in [4.69, 9.17) is 0 Å². The van der Waals surface area contributed by atoms with Gasteiger partial charge in [0.15, 0.2) is 0 Å². The van der Waals surface area contributed by atoms with E-state index in [0.717, 1.165) is 21.1 Å². The van der Waals surface area contributed by atoms with Gasteiger partial charge < -0.3 is 5.32 Å². The van der Waals surface area contributed by atoms with Gasteiger partial charge in [0.05, 0.1) is 0 Å². The molecule has 100 valence electrons. The average molecular weight is 387 g/mol. The summed E-state index contributed by atoms with van der Waals surface area (Å²) in [4.78, 5) is 0. The molecule has 1 N–H and O–H groups in total. The van der Waals surface area contributed by atoms with Crippen molar-refractivity contribution in [2.75, 3.05) is 0 Å². The highest BCUT2D eigenvalue weighted by Gasteiger charge is 2.05. The maximum atomic E-state index is 12.9. The Kier molecular flexibility index (Phi) is 5.13. The first-order valence-electron chi connectivity index (χ1n) is 5.99. The monoisotopic (exact) mass is 385 g/mol. The summed E-state index contributed by atoms with van der Waals surface area (Å²) in [5, 5.41) is 3.42. The van der Waals surface area contributed by atoms with Gasteiger partial charge >= 0.3 is 0 Å². The van der Waals surface area contributed by atoms with Crippen molar-refractivity contribution in [2.24, 2.45) is 0 Å². The van der Waals surface area contributed by atoms with Gasteiger partial charge in [-0.2, -0.15) is 0 Å². The number of nitrogens with one attached hydrogen (secondary N) is 1. The van der Waals surface area contributed by atoms with Gasteiger partial charge in [-0.1, -0.05) is 18.2 Å².